The van der Waals surface area contributed by atoms with E-state index in [9.17, 15) is 18.0 Å². The number of amides is 2. The molecule has 7 nitrogen and oxygen atoms in total. The van der Waals surface area contributed by atoms with Gasteiger partial charge in [0, 0.05) is 18.1 Å². The fourth-order valence-electron chi connectivity index (χ4n) is 3.78. The Bertz CT molecular complexity index is 1330. The molecule has 0 spiro atoms. The first-order valence-electron chi connectivity index (χ1n) is 12.4. The second-order valence-electron chi connectivity index (χ2n) is 9.62. The zero-order valence-electron chi connectivity index (χ0n) is 22.1. The van der Waals surface area contributed by atoms with Crippen LogP contribution in [0.2, 0.25) is 5.02 Å². The molecule has 0 aliphatic heterocycles. The van der Waals surface area contributed by atoms with Crippen LogP contribution in [0.4, 0.5) is 5.69 Å². The molecule has 3 aromatic rings. The number of carbonyl (C=O) groups is 2. The number of benzene rings is 3. The lowest BCUT2D eigenvalue weighted by molar-refractivity contribution is -0.139. The molecule has 0 fully saturated rings. The Morgan fingerprint density at radius 1 is 0.895 bits per heavy atom. The molecule has 9 heteroatoms. The van der Waals surface area contributed by atoms with Crippen LogP contribution in [0, 0.1) is 12.8 Å². The maximum Gasteiger partial charge on any atom is 0.264 e. The van der Waals surface area contributed by atoms with E-state index in [1.54, 1.807) is 49.4 Å². The van der Waals surface area contributed by atoms with Crippen molar-refractivity contribution >= 4 is 39.1 Å². The molecule has 0 aliphatic rings. The van der Waals surface area contributed by atoms with Crippen molar-refractivity contribution in [2.75, 3.05) is 17.4 Å². The smallest absolute Gasteiger partial charge is 0.264 e. The molecule has 202 valence electrons. The summed E-state index contributed by atoms with van der Waals surface area (Å²) < 4.78 is 28.4. The minimum Gasteiger partial charge on any atom is -0.354 e. The number of anilines is 1. The maximum absolute atomic E-state index is 13.8. The fourth-order valence-corrected chi connectivity index (χ4v) is 5.34. The molecule has 3 rings (SSSR count). The molecule has 0 unspecified atom stereocenters. The molecule has 2 amide bonds. The summed E-state index contributed by atoms with van der Waals surface area (Å²) in [6.07, 6.45) is 0. The summed E-state index contributed by atoms with van der Waals surface area (Å²) in [6, 6.07) is 21.0. The highest BCUT2D eigenvalue weighted by molar-refractivity contribution is 7.92. The van der Waals surface area contributed by atoms with E-state index in [0.717, 1.165) is 15.4 Å². The van der Waals surface area contributed by atoms with Gasteiger partial charge in [-0.2, -0.15) is 0 Å². The van der Waals surface area contributed by atoms with Crippen LogP contribution in [0.1, 0.15) is 31.9 Å². The molecule has 0 radical (unpaired) electrons. The number of hydrogen-bond acceptors (Lipinski definition) is 4. The monoisotopic (exact) mass is 555 g/mol. The fraction of sp³-hybridized carbons (Fsp3) is 0.310. The van der Waals surface area contributed by atoms with Gasteiger partial charge in [-0.1, -0.05) is 73.5 Å². The number of aryl methyl sites for hydroxylation is 1. The predicted molar refractivity (Wildman–Crippen MR) is 151 cm³/mol. The van der Waals surface area contributed by atoms with Crippen LogP contribution < -0.4 is 9.62 Å². The third kappa shape index (κ3) is 7.58. The highest BCUT2D eigenvalue weighted by Gasteiger charge is 2.32. The summed E-state index contributed by atoms with van der Waals surface area (Å²) in [6.45, 7) is 7.71. The first kappa shape index (κ1) is 29.2. The molecular formula is C29H34ClN3O4S. The van der Waals surface area contributed by atoms with Crippen LogP contribution in [-0.4, -0.2) is 44.3 Å². The van der Waals surface area contributed by atoms with E-state index < -0.39 is 28.5 Å². The first-order chi connectivity index (χ1) is 18.0. The van der Waals surface area contributed by atoms with Gasteiger partial charge in [0.05, 0.1) is 10.6 Å². The van der Waals surface area contributed by atoms with Crippen molar-refractivity contribution in [1.29, 1.82) is 0 Å². The van der Waals surface area contributed by atoms with Gasteiger partial charge < -0.3 is 10.2 Å². The van der Waals surface area contributed by atoms with Gasteiger partial charge in [0.25, 0.3) is 10.0 Å². The Hall–Kier alpha value is -3.36. The summed E-state index contributed by atoms with van der Waals surface area (Å²) in [4.78, 5) is 28.3. The van der Waals surface area contributed by atoms with Gasteiger partial charge in [-0.15, -0.1) is 0 Å². The van der Waals surface area contributed by atoms with Gasteiger partial charge in [0.1, 0.15) is 12.6 Å². The third-order valence-electron chi connectivity index (χ3n) is 6.05. The van der Waals surface area contributed by atoms with E-state index in [1.807, 2.05) is 45.0 Å². The van der Waals surface area contributed by atoms with Crippen LogP contribution in [0.3, 0.4) is 0 Å². The van der Waals surface area contributed by atoms with Gasteiger partial charge in [-0.3, -0.25) is 13.9 Å². The molecule has 38 heavy (non-hydrogen) atoms. The standard InChI is InChI=1S/C29H34ClN3O4S/c1-21(2)18-31-29(35)23(4)32(19-24-12-10-22(3)11-13-24)28(34)20-33(26-16-14-25(30)15-17-26)38(36,37)27-8-6-5-7-9-27/h5-17,21,23H,18-20H2,1-4H3,(H,31,35)/t23-/m0/s1. The minimum absolute atomic E-state index is 0.0514. The quantitative estimate of drug-likeness (QED) is 0.359. The molecule has 1 atom stereocenters. The SMILES string of the molecule is Cc1ccc(CN(C(=O)CN(c2ccc(Cl)cc2)S(=O)(=O)c2ccccc2)[C@@H](C)C(=O)NCC(C)C)cc1. The van der Waals surface area contributed by atoms with Crippen LogP contribution in [-0.2, 0) is 26.2 Å². The molecule has 0 heterocycles. The number of rotatable bonds is 11. The van der Waals surface area contributed by atoms with Crippen molar-refractivity contribution in [2.45, 2.75) is 45.2 Å². The molecule has 3 aromatic carbocycles. The Kier molecular flexibility index (Phi) is 9.94. The largest absolute Gasteiger partial charge is 0.354 e. The summed E-state index contributed by atoms with van der Waals surface area (Å²) in [5, 5.41) is 3.32. The van der Waals surface area contributed by atoms with Crippen LogP contribution in [0.25, 0.3) is 0 Å². The van der Waals surface area contributed by atoms with Gasteiger partial charge in [-0.25, -0.2) is 8.42 Å². The van der Waals surface area contributed by atoms with E-state index in [1.165, 1.54) is 17.0 Å². The Labute approximate surface area is 230 Å². The van der Waals surface area contributed by atoms with Crippen molar-refractivity contribution in [3.05, 3.63) is 95.0 Å². The zero-order chi connectivity index (χ0) is 27.9. The van der Waals surface area contributed by atoms with Crippen molar-refractivity contribution in [3.63, 3.8) is 0 Å². The number of nitrogens with one attached hydrogen (secondary N) is 1. The third-order valence-corrected chi connectivity index (χ3v) is 8.09. The second-order valence-corrected chi connectivity index (χ2v) is 11.9. The Morgan fingerprint density at radius 3 is 2.08 bits per heavy atom. The van der Waals surface area contributed by atoms with Crippen molar-refractivity contribution in [1.82, 2.24) is 10.2 Å². The molecule has 1 N–H and O–H groups in total. The second kappa shape index (κ2) is 12.9. The van der Waals surface area contributed by atoms with Gasteiger partial charge in [0.15, 0.2) is 0 Å². The van der Waals surface area contributed by atoms with E-state index in [-0.39, 0.29) is 23.3 Å². The lowest BCUT2D eigenvalue weighted by Gasteiger charge is -2.32. The number of halogens is 1. The van der Waals surface area contributed by atoms with Crippen molar-refractivity contribution in [2.24, 2.45) is 5.92 Å². The molecule has 0 aromatic heterocycles. The molecule has 0 saturated heterocycles. The van der Waals surface area contributed by atoms with E-state index in [4.69, 9.17) is 11.6 Å². The Balaban J connectivity index is 1.98. The predicted octanol–water partition coefficient (Wildman–Crippen LogP) is 5.03. The number of nitrogens with zero attached hydrogens (tertiary/aromatic N) is 2. The van der Waals surface area contributed by atoms with E-state index in [0.29, 0.717) is 17.3 Å². The van der Waals surface area contributed by atoms with E-state index >= 15 is 0 Å². The number of carbonyl (C=O) groups excluding carboxylic acids is 2. The summed E-state index contributed by atoms with van der Waals surface area (Å²) in [5.41, 5.74) is 2.19. The molecule has 0 aliphatic carbocycles. The normalized spacial score (nSPS) is 12.2. The van der Waals surface area contributed by atoms with Crippen LogP contribution in [0.5, 0.6) is 0 Å². The average molecular weight is 556 g/mol. The van der Waals surface area contributed by atoms with Gasteiger partial charge in [-0.05, 0) is 61.7 Å². The highest BCUT2D eigenvalue weighted by atomic mass is 35.5. The number of sulfonamides is 1. The van der Waals surface area contributed by atoms with Crippen LogP contribution >= 0.6 is 11.6 Å². The lowest BCUT2D eigenvalue weighted by Crippen LogP contribution is -2.51. The maximum atomic E-state index is 13.8. The highest BCUT2D eigenvalue weighted by Crippen LogP contribution is 2.26. The van der Waals surface area contributed by atoms with Crippen molar-refractivity contribution in [3.8, 4) is 0 Å². The molecular weight excluding hydrogens is 522 g/mol. The topological polar surface area (TPSA) is 86.8 Å². The summed E-state index contributed by atoms with van der Waals surface area (Å²) in [7, 11) is -4.10. The first-order valence-corrected chi connectivity index (χ1v) is 14.3. The van der Waals surface area contributed by atoms with Gasteiger partial charge in [0.2, 0.25) is 11.8 Å². The average Bonchev–Trinajstić information content (AvgIpc) is 2.90. The van der Waals surface area contributed by atoms with Gasteiger partial charge >= 0.3 is 0 Å². The number of hydrogen-bond donors (Lipinski definition) is 1. The molecule has 0 bridgehead atoms. The van der Waals surface area contributed by atoms with E-state index in [2.05, 4.69) is 5.32 Å². The van der Waals surface area contributed by atoms with Crippen molar-refractivity contribution < 1.29 is 18.0 Å². The minimum atomic E-state index is -4.10. The lowest BCUT2D eigenvalue weighted by atomic mass is 10.1. The zero-order valence-corrected chi connectivity index (χ0v) is 23.7. The van der Waals surface area contributed by atoms with Crippen LogP contribution in [0.15, 0.2) is 83.8 Å². The Morgan fingerprint density at radius 2 is 1.50 bits per heavy atom. The molecule has 0 saturated carbocycles. The summed E-state index contributed by atoms with van der Waals surface area (Å²) in [5.74, 6) is -0.570. The summed E-state index contributed by atoms with van der Waals surface area (Å²) >= 11 is 6.05.